The number of carbonyl (C=O) groups is 1. The second kappa shape index (κ2) is 15.6. The summed E-state index contributed by atoms with van der Waals surface area (Å²) in [6.45, 7) is 1.54. The zero-order valence-electron chi connectivity index (χ0n) is 22.5. The predicted octanol–water partition coefficient (Wildman–Crippen LogP) is 5.96. The predicted molar refractivity (Wildman–Crippen MR) is 152 cm³/mol. The minimum Gasteiger partial charge on any atom is -0.503 e. The number of nitriles is 1. The lowest BCUT2D eigenvalue weighted by Gasteiger charge is -2.16. The third-order valence-electron chi connectivity index (χ3n) is 5.51. The van der Waals surface area contributed by atoms with Crippen LogP contribution in [0.1, 0.15) is 22.4 Å². The highest BCUT2D eigenvalue weighted by Crippen LogP contribution is 2.29. The molecule has 0 unspecified atom stereocenters. The molecule has 42 heavy (non-hydrogen) atoms. The fourth-order valence-corrected chi connectivity index (χ4v) is 4.66. The molecule has 0 aliphatic carbocycles. The Bertz CT molecular complexity index is 1460. The van der Waals surface area contributed by atoms with Crippen molar-refractivity contribution >= 4 is 40.1 Å². The number of aliphatic imine (C=N–C) groups is 1. The van der Waals surface area contributed by atoms with Crippen LogP contribution in [0.25, 0.3) is 5.57 Å². The summed E-state index contributed by atoms with van der Waals surface area (Å²) in [6, 6.07) is 13.8. The molecule has 9 nitrogen and oxygen atoms in total. The molecule has 1 aromatic carbocycles. The number of halogens is 4. The van der Waals surface area contributed by atoms with Crippen LogP contribution in [0.15, 0.2) is 72.0 Å². The molecule has 3 heterocycles. The standard InChI is InChI=1S/C18H16F3NO4.C10H9ClN4S/c1-24-11-14(17(23)25-2)13-7-4-3-6-12(13)10-26-16-9-5-8-15(22-16)18(19,20)21;11-9-2-1-8(5-13-9)6-15-3-4-16-10(15)14-7-12/h3-9,11H,10H2,1-2H3;1-2,5H,3-4,6H2/b14-11+;. The van der Waals surface area contributed by atoms with E-state index in [2.05, 4.69) is 19.9 Å². The van der Waals surface area contributed by atoms with Gasteiger partial charge in [-0.1, -0.05) is 59.8 Å². The Hall–Kier alpha value is -4.28. The number of hydrogen-bond acceptors (Lipinski definition) is 9. The molecule has 4 rings (SSSR count). The van der Waals surface area contributed by atoms with E-state index in [0.717, 1.165) is 35.6 Å². The number of alkyl halides is 3. The van der Waals surface area contributed by atoms with Gasteiger partial charge in [0.2, 0.25) is 12.1 Å². The first-order valence-electron chi connectivity index (χ1n) is 12.2. The van der Waals surface area contributed by atoms with Gasteiger partial charge in [0.05, 0.1) is 20.5 Å². The smallest absolute Gasteiger partial charge is 0.433 e. The van der Waals surface area contributed by atoms with Crippen molar-refractivity contribution in [3.05, 3.63) is 94.6 Å². The highest BCUT2D eigenvalue weighted by Gasteiger charge is 2.32. The van der Waals surface area contributed by atoms with E-state index in [1.54, 1.807) is 48.3 Å². The molecule has 0 amide bonds. The van der Waals surface area contributed by atoms with Crippen LogP contribution in [-0.4, -0.2) is 52.5 Å². The number of esters is 1. The van der Waals surface area contributed by atoms with Crippen LogP contribution >= 0.6 is 23.4 Å². The van der Waals surface area contributed by atoms with E-state index >= 15 is 0 Å². The Morgan fingerprint density at radius 3 is 2.64 bits per heavy atom. The second-order valence-corrected chi connectivity index (χ2v) is 9.77. The zero-order chi connectivity index (χ0) is 30.5. The van der Waals surface area contributed by atoms with Crippen molar-refractivity contribution in [3.63, 3.8) is 0 Å². The maximum atomic E-state index is 12.7. The van der Waals surface area contributed by atoms with E-state index < -0.39 is 17.8 Å². The third-order valence-corrected chi connectivity index (χ3v) is 6.73. The van der Waals surface area contributed by atoms with Gasteiger partial charge in [-0.25, -0.2) is 14.8 Å². The number of aromatic nitrogens is 2. The van der Waals surface area contributed by atoms with Gasteiger partial charge in [0.25, 0.3) is 0 Å². The highest BCUT2D eigenvalue weighted by atomic mass is 35.5. The van der Waals surface area contributed by atoms with Gasteiger partial charge in [0.15, 0.2) is 5.17 Å². The molecule has 1 aliphatic rings. The highest BCUT2D eigenvalue weighted by molar-refractivity contribution is 8.14. The van der Waals surface area contributed by atoms with E-state index in [9.17, 15) is 18.0 Å². The lowest BCUT2D eigenvalue weighted by Crippen LogP contribution is -2.23. The number of pyridine rings is 2. The molecule has 1 fully saturated rings. The first kappa shape index (κ1) is 32.2. The summed E-state index contributed by atoms with van der Waals surface area (Å²) in [4.78, 5) is 25.2. The van der Waals surface area contributed by atoms with Crippen molar-refractivity contribution in [3.8, 4) is 12.1 Å². The average molecular weight is 620 g/mol. The van der Waals surface area contributed by atoms with E-state index in [1.807, 2.05) is 12.3 Å². The molecule has 0 saturated carbocycles. The van der Waals surface area contributed by atoms with Gasteiger partial charge in [-0.3, -0.25) is 0 Å². The summed E-state index contributed by atoms with van der Waals surface area (Å²) in [5.74, 6) is 0.183. The Morgan fingerprint density at radius 1 is 1.19 bits per heavy atom. The maximum absolute atomic E-state index is 12.7. The number of ether oxygens (including phenoxy) is 3. The minimum atomic E-state index is -4.56. The molecule has 0 N–H and O–H groups in total. The molecule has 0 bridgehead atoms. The largest absolute Gasteiger partial charge is 0.503 e. The van der Waals surface area contributed by atoms with Crippen molar-refractivity contribution in [2.45, 2.75) is 19.3 Å². The number of thioether (sulfide) groups is 1. The van der Waals surface area contributed by atoms with Crippen LogP contribution in [0.2, 0.25) is 5.15 Å². The summed E-state index contributed by atoms with van der Waals surface area (Å²) < 4.78 is 53.2. The monoisotopic (exact) mass is 619 g/mol. The topological polar surface area (TPSA) is 110 Å². The fourth-order valence-electron chi connectivity index (χ4n) is 3.61. The van der Waals surface area contributed by atoms with E-state index in [4.69, 9.17) is 31.1 Å². The molecule has 14 heteroatoms. The molecule has 220 valence electrons. The van der Waals surface area contributed by atoms with Gasteiger partial charge in [-0.15, -0.1) is 4.99 Å². The summed E-state index contributed by atoms with van der Waals surface area (Å²) in [7, 11) is 2.62. The van der Waals surface area contributed by atoms with Crippen LogP contribution in [0.5, 0.6) is 5.88 Å². The normalized spacial score (nSPS) is 14.1. The SMILES string of the molecule is CO/C=C(/C(=O)OC)c1ccccc1COc1cccc(C(F)(F)F)n1.N#CN=C1SCCN1Cc1ccc(Cl)nc1. The number of amidine groups is 1. The summed E-state index contributed by atoms with van der Waals surface area (Å²) in [5, 5.41) is 9.82. The van der Waals surface area contributed by atoms with E-state index in [0.29, 0.717) is 16.3 Å². The van der Waals surface area contributed by atoms with Gasteiger partial charge in [0.1, 0.15) is 23.0 Å². The quantitative estimate of drug-likeness (QED) is 0.0991. The average Bonchev–Trinajstić information content (AvgIpc) is 3.42. The molecule has 0 spiro atoms. The van der Waals surface area contributed by atoms with Crippen molar-refractivity contribution in [1.82, 2.24) is 14.9 Å². The van der Waals surface area contributed by atoms with Crippen LogP contribution < -0.4 is 4.74 Å². The van der Waals surface area contributed by atoms with Gasteiger partial charge in [-0.2, -0.15) is 18.4 Å². The second-order valence-electron chi connectivity index (χ2n) is 8.32. The van der Waals surface area contributed by atoms with Gasteiger partial charge in [-0.05, 0) is 28.8 Å². The molecular weight excluding hydrogens is 595 g/mol. The lowest BCUT2D eigenvalue weighted by atomic mass is 10.0. The molecule has 0 radical (unpaired) electrons. The fraction of sp³-hybridized carbons (Fsp3) is 0.250. The van der Waals surface area contributed by atoms with Crippen LogP contribution in [0.3, 0.4) is 0 Å². The Kier molecular flexibility index (Phi) is 12.0. The first-order chi connectivity index (χ1) is 20.2. The Labute approximate surface area is 249 Å². The third kappa shape index (κ3) is 9.39. The number of methoxy groups -OCH3 is 2. The number of benzene rings is 1. The van der Waals surface area contributed by atoms with E-state index in [-0.39, 0.29) is 18.1 Å². The van der Waals surface area contributed by atoms with Crippen molar-refractivity contribution in [1.29, 1.82) is 5.26 Å². The van der Waals surface area contributed by atoms with Crippen LogP contribution in [-0.2, 0) is 33.6 Å². The van der Waals surface area contributed by atoms with Crippen molar-refractivity contribution in [2.75, 3.05) is 26.5 Å². The van der Waals surface area contributed by atoms with Crippen molar-refractivity contribution in [2.24, 2.45) is 4.99 Å². The number of nitrogens with zero attached hydrogens (tertiary/aromatic N) is 5. The van der Waals surface area contributed by atoms with E-state index in [1.165, 1.54) is 32.6 Å². The maximum Gasteiger partial charge on any atom is 0.433 e. The number of rotatable bonds is 8. The lowest BCUT2D eigenvalue weighted by molar-refractivity contribution is -0.141. The van der Waals surface area contributed by atoms with Gasteiger partial charge >= 0.3 is 12.1 Å². The first-order valence-corrected chi connectivity index (χ1v) is 13.5. The molecule has 1 saturated heterocycles. The zero-order valence-corrected chi connectivity index (χ0v) is 24.0. The van der Waals surface area contributed by atoms with Crippen molar-refractivity contribution < 1.29 is 32.2 Å². The summed E-state index contributed by atoms with van der Waals surface area (Å²) >= 11 is 7.32. The molecule has 2 aromatic heterocycles. The van der Waals surface area contributed by atoms with Crippen LogP contribution in [0.4, 0.5) is 13.2 Å². The summed E-state index contributed by atoms with van der Waals surface area (Å²) in [5.41, 5.74) is 1.22. The molecular formula is C28H25ClF3N5O4S. The Morgan fingerprint density at radius 2 is 1.98 bits per heavy atom. The Balaban J connectivity index is 0.000000258. The minimum absolute atomic E-state index is 0.0947. The van der Waals surface area contributed by atoms with Crippen LogP contribution in [0, 0.1) is 11.5 Å². The van der Waals surface area contributed by atoms with Gasteiger partial charge < -0.3 is 19.1 Å². The number of carbonyl (C=O) groups excluding carboxylic acids is 1. The van der Waals surface area contributed by atoms with Gasteiger partial charge in [0, 0.05) is 31.1 Å². The molecule has 1 aliphatic heterocycles. The summed E-state index contributed by atoms with van der Waals surface area (Å²) in [6.07, 6.45) is 0.239. The molecule has 3 aromatic rings. The number of hydrogen-bond donors (Lipinski definition) is 0. The molecule has 0 atom stereocenters.